The molecule has 0 unspecified atom stereocenters. The topological polar surface area (TPSA) is 62.7 Å². The summed E-state index contributed by atoms with van der Waals surface area (Å²) >= 11 is 1.49. The van der Waals surface area contributed by atoms with E-state index >= 15 is 0 Å². The lowest BCUT2D eigenvalue weighted by molar-refractivity contribution is -0.156. The lowest BCUT2D eigenvalue weighted by atomic mass is 10.1. The number of methoxy groups -OCH3 is 1. The molecule has 2 amide bonds. The van der Waals surface area contributed by atoms with E-state index in [0.29, 0.717) is 13.1 Å². The summed E-state index contributed by atoms with van der Waals surface area (Å²) in [4.78, 5) is 33.3. The molecule has 24 heavy (non-hydrogen) atoms. The number of piperazine rings is 1. The number of benzene rings is 1. The second-order valence-corrected chi connectivity index (χ2v) is 6.68. The van der Waals surface area contributed by atoms with E-state index in [1.165, 1.54) is 11.3 Å². The van der Waals surface area contributed by atoms with Crippen LogP contribution in [0.1, 0.15) is 17.4 Å². The summed E-state index contributed by atoms with van der Waals surface area (Å²) in [7, 11) is 1.61. The minimum absolute atomic E-state index is 0.0325. The molecule has 1 atom stereocenters. The maximum Gasteiger partial charge on any atom is 0.245 e. The average molecular weight is 345 g/mol. The largest absolute Gasteiger partial charge is 0.497 e. The molecule has 6 nitrogen and oxygen atoms in total. The van der Waals surface area contributed by atoms with Gasteiger partial charge in [0.1, 0.15) is 18.3 Å². The highest BCUT2D eigenvalue weighted by Crippen LogP contribution is 2.20. The van der Waals surface area contributed by atoms with Gasteiger partial charge < -0.3 is 14.5 Å². The Morgan fingerprint density at radius 3 is 2.62 bits per heavy atom. The molecule has 3 rings (SSSR count). The Kier molecular flexibility index (Phi) is 4.80. The van der Waals surface area contributed by atoms with E-state index in [9.17, 15) is 9.59 Å². The number of carbonyl (C=O) groups excluding carboxylic acids is 2. The van der Waals surface area contributed by atoms with Gasteiger partial charge in [-0.1, -0.05) is 12.1 Å². The van der Waals surface area contributed by atoms with Crippen LogP contribution in [0.2, 0.25) is 0 Å². The SMILES string of the molecule is COc1ccc(CN2CC(=O)N(Cc3cncs3)[C@@H](C)C2=O)cc1. The van der Waals surface area contributed by atoms with Gasteiger partial charge in [-0.25, -0.2) is 0 Å². The summed E-state index contributed by atoms with van der Waals surface area (Å²) in [6, 6.07) is 7.05. The highest BCUT2D eigenvalue weighted by molar-refractivity contribution is 7.09. The molecule has 126 valence electrons. The second kappa shape index (κ2) is 7.00. The first kappa shape index (κ1) is 16.4. The maximum atomic E-state index is 12.6. The number of rotatable bonds is 5. The summed E-state index contributed by atoms with van der Waals surface area (Å²) in [6.07, 6.45) is 1.73. The lowest BCUT2D eigenvalue weighted by Gasteiger charge is -2.38. The van der Waals surface area contributed by atoms with Crippen LogP contribution in [0.4, 0.5) is 0 Å². The molecule has 1 aliphatic rings. The van der Waals surface area contributed by atoms with Gasteiger partial charge >= 0.3 is 0 Å². The van der Waals surface area contributed by atoms with Crippen molar-refractivity contribution in [2.24, 2.45) is 0 Å². The third-order valence-corrected chi connectivity index (χ3v) is 4.89. The lowest BCUT2D eigenvalue weighted by Crippen LogP contribution is -2.57. The molecule has 0 N–H and O–H groups in total. The Bertz CT molecular complexity index is 715. The number of hydrogen-bond donors (Lipinski definition) is 0. The summed E-state index contributed by atoms with van der Waals surface area (Å²) < 4.78 is 5.13. The third kappa shape index (κ3) is 3.41. The van der Waals surface area contributed by atoms with Crippen LogP contribution >= 0.6 is 11.3 Å². The van der Waals surface area contributed by atoms with Gasteiger partial charge in [-0.15, -0.1) is 11.3 Å². The van der Waals surface area contributed by atoms with Crippen molar-refractivity contribution in [3.8, 4) is 5.75 Å². The van der Waals surface area contributed by atoms with E-state index < -0.39 is 6.04 Å². The smallest absolute Gasteiger partial charge is 0.245 e. The van der Waals surface area contributed by atoms with Gasteiger partial charge in [0, 0.05) is 17.6 Å². The van der Waals surface area contributed by atoms with Crippen LogP contribution in [0.15, 0.2) is 36.0 Å². The molecular weight excluding hydrogens is 326 g/mol. The normalized spacial score (nSPS) is 18.2. The van der Waals surface area contributed by atoms with Gasteiger partial charge in [-0.3, -0.25) is 14.6 Å². The molecule has 0 saturated carbocycles. The van der Waals surface area contributed by atoms with Crippen LogP contribution in [-0.2, 0) is 22.7 Å². The quantitative estimate of drug-likeness (QED) is 0.830. The molecule has 1 saturated heterocycles. The zero-order chi connectivity index (χ0) is 17.1. The molecular formula is C17H19N3O3S. The fourth-order valence-corrected chi connectivity index (χ4v) is 3.34. The van der Waals surface area contributed by atoms with Gasteiger partial charge in [0.2, 0.25) is 11.8 Å². The molecule has 2 heterocycles. The molecule has 0 aliphatic carbocycles. The highest BCUT2D eigenvalue weighted by atomic mass is 32.1. The van der Waals surface area contributed by atoms with Crippen molar-refractivity contribution in [3.05, 3.63) is 46.4 Å². The van der Waals surface area contributed by atoms with Crippen LogP contribution in [0.3, 0.4) is 0 Å². The molecule has 1 aromatic heterocycles. The fraction of sp³-hybridized carbons (Fsp3) is 0.353. The summed E-state index contributed by atoms with van der Waals surface area (Å²) in [5, 5.41) is 0. The first-order valence-corrected chi connectivity index (χ1v) is 8.55. The Morgan fingerprint density at radius 2 is 2.00 bits per heavy atom. The van der Waals surface area contributed by atoms with Crippen molar-refractivity contribution >= 4 is 23.2 Å². The molecule has 1 aromatic carbocycles. The minimum atomic E-state index is -0.466. The Morgan fingerprint density at radius 1 is 1.25 bits per heavy atom. The maximum absolute atomic E-state index is 12.6. The zero-order valence-electron chi connectivity index (χ0n) is 13.6. The summed E-state index contributed by atoms with van der Waals surface area (Å²) in [5.41, 5.74) is 2.70. The molecule has 2 aromatic rings. The Labute approximate surface area is 144 Å². The predicted molar refractivity (Wildman–Crippen MR) is 90.5 cm³/mol. The van der Waals surface area contributed by atoms with Crippen molar-refractivity contribution in [2.75, 3.05) is 13.7 Å². The van der Waals surface area contributed by atoms with Crippen molar-refractivity contribution in [1.82, 2.24) is 14.8 Å². The van der Waals surface area contributed by atoms with Crippen LogP contribution in [0.5, 0.6) is 5.75 Å². The van der Waals surface area contributed by atoms with Crippen LogP contribution in [0, 0.1) is 0 Å². The van der Waals surface area contributed by atoms with Crippen molar-refractivity contribution in [1.29, 1.82) is 0 Å². The first-order valence-electron chi connectivity index (χ1n) is 7.67. The minimum Gasteiger partial charge on any atom is -0.497 e. The van der Waals surface area contributed by atoms with Gasteiger partial charge in [0.15, 0.2) is 0 Å². The van der Waals surface area contributed by atoms with Crippen LogP contribution < -0.4 is 4.74 Å². The van der Waals surface area contributed by atoms with Crippen molar-refractivity contribution < 1.29 is 14.3 Å². The van der Waals surface area contributed by atoms with E-state index in [-0.39, 0.29) is 18.4 Å². The van der Waals surface area contributed by atoms with Crippen molar-refractivity contribution in [3.63, 3.8) is 0 Å². The van der Waals surface area contributed by atoms with Crippen molar-refractivity contribution in [2.45, 2.75) is 26.1 Å². The van der Waals surface area contributed by atoms with Crippen LogP contribution in [-0.4, -0.2) is 46.3 Å². The number of carbonyl (C=O) groups is 2. The summed E-state index contributed by atoms with van der Waals surface area (Å²) in [5.74, 6) is 0.697. The van der Waals surface area contributed by atoms with E-state index in [0.717, 1.165) is 16.2 Å². The van der Waals surface area contributed by atoms with Gasteiger partial charge in [-0.05, 0) is 24.6 Å². The average Bonchev–Trinajstić information content (AvgIpc) is 3.10. The molecule has 1 aliphatic heterocycles. The van der Waals surface area contributed by atoms with E-state index in [1.807, 2.05) is 24.3 Å². The van der Waals surface area contributed by atoms with E-state index in [1.54, 1.807) is 35.5 Å². The molecule has 1 fully saturated rings. The van der Waals surface area contributed by atoms with Crippen LogP contribution in [0.25, 0.3) is 0 Å². The summed E-state index contributed by atoms with van der Waals surface area (Å²) in [6.45, 7) is 2.75. The van der Waals surface area contributed by atoms with Gasteiger partial charge in [0.05, 0.1) is 19.2 Å². The second-order valence-electron chi connectivity index (χ2n) is 5.71. The standard InChI is InChI=1S/C17H19N3O3S/c1-12-17(22)19(8-13-3-5-14(23-2)6-4-13)10-16(21)20(12)9-15-7-18-11-24-15/h3-7,11-12H,8-10H2,1-2H3/t12-/m0/s1. The predicted octanol–water partition coefficient (Wildman–Crippen LogP) is 1.91. The van der Waals surface area contributed by atoms with Gasteiger partial charge in [0.25, 0.3) is 0 Å². The van der Waals surface area contributed by atoms with E-state index in [4.69, 9.17) is 4.74 Å². The molecule has 7 heteroatoms. The number of amides is 2. The number of aromatic nitrogens is 1. The fourth-order valence-electron chi connectivity index (χ4n) is 2.74. The number of ether oxygens (including phenoxy) is 1. The number of thiazole rings is 1. The monoisotopic (exact) mass is 345 g/mol. The molecule has 0 bridgehead atoms. The molecule has 0 radical (unpaired) electrons. The number of nitrogens with zero attached hydrogens (tertiary/aromatic N) is 3. The highest BCUT2D eigenvalue weighted by Gasteiger charge is 2.36. The first-order chi connectivity index (χ1) is 11.6. The van der Waals surface area contributed by atoms with Gasteiger partial charge in [-0.2, -0.15) is 0 Å². The Hall–Kier alpha value is -2.41. The number of hydrogen-bond acceptors (Lipinski definition) is 5. The Balaban J connectivity index is 1.69. The third-order valence-electron chi connectivity index (χ3n) is 4.13. The molecule has 0 spiro atoms. The zero-order valence-corrected chi connectivity index (χ0v) is 14.5. The van der Waals surface area contributed by atoms with E-state index in [2.05, 4.69) is 4.98 Å².